The maximum atomic E-state index is 13.0. The highest BCUT2D eigenvalue weighted by Gasteiger charge is 2.31. The maximum absolute atomic E-state index is 13.0. The molecule has 9 heteroatoms. The van der Waals surface area contributed by atoms with Gasteiger partial charge in [0.25, 0.3) is 0 Å². The molecule has 1 N–H and O–H groups in total. The van der Waals surface area contributed by atoms with Crippen LogP contribution >= 0.6 is 0 Å². The van der Waals surface area contributed by atoms with E-state index >= 15 is 0 Å². The molecule has 134 valence electrons. The van der Waals surface area contributed by atoms with Crippen molar-refractivity contribution >= 4 is 21.6 Å². The monoisotopic (exact) mass is 363 g/mol. The number of aromatic nitrogens is 3. The van der Waals surface area contributed by atoms with Crippen LogP contribution in [0.15, 0.2) is 35.7 Å². The lowest BCUT2D eigenvalue weighted by molar-refractivity contribution is -0.114. The molecule has 3 rings (SSSR count). The van der Waals surface area contributed by atoms with Gasteiger partial charge in [0.1, 0.15) is 12.7 Å². The lowest BCUT2D eigenvalue weighted by Crippen LogP contribution is -2.39. The third-order valence-corrected chi connectivity index (χ3v) is 6.40. The lowest BCUT2D eigenvalue weighted by atomic mass is 10.1. The third kappa shape index (κ3) is 3.72. The quantitative estimate of drug-likeness (QED) is 0.889. The number of anilines is 1. The normalized spacial score (nSPS) is 16.7. The number of piperidine rings is 1. The molecule has 0 atom stereocenters. The number of benzene rings is 1. The number of carbonyl (C=O) groups is 1. The van der Waals surface area contributed by atoms with Crippen LogP contribution in [-0.2, 0) is 14.8 Å². The van der Waals surface area contributed by atoms with E-state index in [0.717, 1.165) is 0 Å². The van der Waals surface area contributed by atoms with Crippen molar-refractivity contribution in [2.24, 2.45) is 0 Å². The predicted molar refractivity (Wildman–Crippen MR) is 92.5 cm³/mol. The summed E-state index contributed by atoms with van der Waals surface area (Å²) in [5, 5.41) is 6.77. The molecule has 0 saturated carbocycles. The van der Waals surface area contributed by atoms with Gasteiger partial charge in [-0.05, 0) is 37.5 Å². The fourth-order valence-electron chi connectivity index (χ4n) is 3.05. The summed E-state index contributed by atoms with van der Waals surface area (Å²) < 4.78 is 29.3. The molecule has 25 heavy (non-hydrogen) atoms. The summed E-state index contributed by atoms with van der Waals surface area (Å²) in [6.07, 6.45) is 4.52. The van der Waals surface area contributed by atoms with Crippen LogP contribution in [0.25, 0.3) is 0 Å². The summed E-state index contributed by atoms with van der Waals surface area (Å²) in [5.41, 5.74) is 1.14. The Morgan fingerprint density at radius 1 is 1.28 bits per heavy atom. The van der Waals surface area contributed by atoms with Gasteiger partial charge < -0.3 is 5.32 Å². The van der Waals surface area contributed by atoms with Gasteiger partial charge in [-0.1, -0.05) is 6.07 Å². The van der Waals surface area contributed by atoms with Crippen LogP contribution in [0, 0.1) is 6.92 Å². The van der Waals surface area contributed by atoms with Crippen molar-refractivity contribution in [2.75, 3.05) is 18.4 Å². The predicted octanol–water partition coefficient (Wildman–Crippen LogP) is 1.57. The topological polar surface area (TPSA) is 97.2 Å². The first-order valence-corrected chi connectivity index (χ1v) is 9.54. The van der Waals surface area contributed by atoms with Crippen molar-refractivity contribution in [3.63, 3.8) is 0 Å². The van der Waals surface area contributed by atoms with Crippen LogP contribution in [0.3, 0.4) is 0 Å². The molecule has 1 saturated heterocycles. The molecule has 0 unspecified atom stereocenters. The number of nitrogens with zero attached hydrogens (tertiary/aromatic N) is 4. The van der Waals surface area contributed by atoms with Gasteiger partial charge in [0.05, 0.1) is 10.9 Å². The number of nitrogens with one attached hydrogen (secondary N) is 1. The highest BCUT2D eigenvalue weighted by atomic mass is 32.2. The molecule has 8 nitrogen and oxygen atoms in total. The highest BCUT2D eigenvalue weighted by Crippen LogP contribution is 2.29. The molecular weight excluding hydrogens is 342 g/mol. The van der Waals surface area contributed by atoms with E-state index in [0.29, 0.717) is 37.2 Å². The second-order valence-corrected chi connectivity index (χ2v) is 8.08. The Kier molecular flexibility index (Phi) is 4.87. The SMILES string of the molecule is CC(=O)Nc1ccc(C)c(S(=O)(=O)N2CCC(n3cncn3)CC2)c1. The number of hydrogen-bond acceptors (Lipinski definition) is 5. The minimum Gasteiger partial charge on any atom is -0.326 e. The van der Waals surface area contributed by atoms with E-state index in [1.807, 2.05) is 0 Å². The highest BCUT2D eigenvalue weighted by molar-refractivity contribution is 7.89. The molecule has 0 bridgehead atoms. The summed E-state index contributed by atoms with van der Waals surface area (Å²) in [4.78, 5) is 15.4. The van der Waals surface area contributed by atoms with E-state index < -0.39 is 10.0 Å². The second kappa shape index (κ2) is 6.93. The minimum atomic E-state index is -3.61. The maximum Gasteiger partial charge on any atom is 0.243 e. The molecule has 1 aliphatic rings. The number of sulfonamides is 1. The Hall–Kier alpha value is -2.26. The number of hydrogen-bond donors (Lipinski definition) is 1. The van der Waals surface area contributed by atoms with E-state index in [4.69, 9.17) is 0 Å². The third-order valence-electron chi connectivity index (χ3n) is 4.36. The first-order valence-electron chi connectivity index (χ1n) is 8.10. The smallest absolute Gasteiger partial charge is 0.243 e. The molecule has 1 aromatic carbocycles. The molecule has 0 spiro atoms. The Morgan fingerprint density at radius 2 is 2.00 bits per heavy atom. The van der Waals surface area contributed by atoms with Gasteiger partial charge >= 0.3 is 0 Å². The summed E-state index contributed by atoms with van der Waals surface area (Å²) in [6, 6.07) is 5.10. The van der Waals surface area contributed by atoms with Gasteiger partial charge in [-0.15, -0.1) is 0 Å². The lowest BCUT2D eigenvalue weighted by Gasteiger charge is -2.31. The van der Waals surface area contributed by atoms with Gasteiger partial charge in [0.15, 0.2) is 0 Å². The summed E-state index contributed by atoms with van der Waals surface area (Å²) >= 11 is 0. The van der Waals surface area contributed by atoms with E-state index in [9.17, 15) is 13.2 Å². The van der Waals surface area contributed by atoms with Gasteiger partial charge in [-0.3, -0.25) is 4.79 Å². The van der Waals surface area contributed by atoms with E-state index in [-0.39, 0.29) is 16.8 Å². The van der Waals surface area contributed by atoms with E-state index in [1.165, 1.54) is 23.6 Å². The van der Waals surface area contributed by atoms with Crippen molar-refractivity contribution in [3.8, 4) is 0 Å². The molecular formula is C16H21N5O3S. The van der Waals surface area contributed by atoms with Crippen molar-refractivity contribution in [1.82, 2.24) is 19.1 Å². The van der Waals surface area contributed by atoms with Crippen LogP contribution in [0.4, 0.5) is 5.69 Å². The average Bonchev–Trinajstić information content (AvgIpc) is 3.11. The fraction of sp³-hybridized carbons (Fsp3) is 0.438. The van der Waals surface area contributed by atoms with Gasteiger partial charge in [0, 0.05) is 25.7 Å². The number of aryl methyl sites for hydroxylation is 1. The zero-order valence-electron chi connectivity index (χ0n) is 14.2. The first kappa shape index (κ1) is 17.6. The molecule has 1 aromatic heterocycles. The molecule has 1 aliphatic heterocycles. The molecule has 0 aliphatic carbocycles. The van der Waals surface area contributed by atoms with Crippen molar-refractivity contribution in [3.05, 3.63) is 36.4 Å². The summed E-state index contributed by atoms with van der Waals surface area (Å²) in [6.45, 7) is 4.00. The van der Waals surface area contributed by atoms with Gasteiger partial charge in [0.2, 0.25) is 15.9 Å². The zero-order chi connectivity index (χ0) is 18.0. The molecule has 2 aromatic rings. The Bertz CT molecular complexity index is 856. The van der Waals surface area contributed by atoms with Crippen LogP contribution in [-0.4, -0.2) is 46.5 Å². The largest absolute Gasteiger partial charge is 0.326 e. The average molecular weight is 363 g/mol. The Labute approximate surface area is 146 Å². The number of carbonyl (C=O) groups excluding carboxylic acids is 1. The van der Waals surface area contributed by atoms with Crippen molar-refractivity contribution < 1.29 is 13.2 Å². The number of amides is 1. The first-order chi connectivity index (χ1) is 11.9. The Morgan fingerprint density at radius 3 is 2.60 bits per heavy atom. The fourth-order valence-corrected chi connectivity index (χ4v) is 4.77. The van der Waals surface area contributed by atoms with Crippen molar-refractivity contribution in [1.29, 1.82) is 0 Å². The van der Waals surface area contributed by atoms with E-state index in [2.05, 4.69) is 15.4 Å². The minimum absolute atomic E-state index is 0.167. The Balaban J connectivity index is 1.79. The van der Waals surface area contributed by atoms with Crippen molar-refractivity contribution in [2.45, 2.75) is 37.6 Å². The zero-order valence-corrected chi connectivity index (χ0v) is 15.0. The second-order valence-electron chi connectivity index (χ2n) is 6.17. The molecule has 1 fully saturated rings. The van der Waals surface area contributed by atoms with E-state index in [1.54, 1.807) is 30.1 Å². The molecule has 0 radical (unpaired) electrons. The molecule has 2 heterocycles. The summed E-state index contributed by atoms with van der Waals surface area (Å²) in [7, 11) is -3.61. The van der Waals surface area contributed by atoms with Crippen LogP contribution in [0.5, 0.6) is 0 Å². The van der Waals surface area contributed by atoms with Gasteiger partial charge in [-0.25, -0.2) is 18.1 Å². The molecule has 1 amide bonds. The van der Waals surface area contributed by atoms with Crippen LogP contribution in [0.1, 0.15) is 31.4 Å². The summed E-state index contributed by atoms with van der Waals surface area (Å²) in [5.74, 6) is -0.235. The van der Waals surface area contributed by atoms with Gasteiger partial charge in [-0.2, -0.15) is 9.40 Å². The van der Waals surface area contributed by atoms with Crippen LogP contribution in [0.2, 0.25) is 0 Å². The number of rotatable bonds is 4. The van der Waals surface area contributed by atoms with Crippen LogP contribution < -0.4 is 5.32 Å². The standard InChI is InChI=1S/C16H21N5O3S/c1-12-3-4-14(19-13(2)22)9-16(12)25(23,24)20-7-5-15(6-8-20)21-11-17-10-18-21/h3-4,9-11,15H,5-8H2,1-2H3,(H,19,22).